The van der Waals surface area contributed by atoms with E-state index in [2.05, 4.69) is 5.92 Å². The molecule has 1 aliphatic rings. The minimum Gasteiger partial charge on any atom is -0.392 e. The van der Waals surface area contributed by atoms with Crippen molar-refractivity contribution in [2.45, 2.75) is 38.2 Å². The van der Waals surface area contributed by atoms with Crippen molar-refractivity contribution >= 4 is 0 Å². The Hall–Kier alpha value is -0.480. The van der Waals surface area contributed by atoms with Gasteiger partial charge in [0, 0.05) is 6.42 Å². The third-order valence-corrected chi connectivity index (χ3v) is 1.96. The molecule has 1 aliphatic carbocycles. The predicted octanol–water partition coefficient (Wildman–Crippen LogP) is 1.56. The van der Waals surface area contributed by atoms with Gasteiger partial charge >= 0.3 is 0 Å². The second-order valence-electron chi connectivity index (χ2n) is 3.08. The number of hydrogen-bond acceptors (Lipinski definition) is 1. The third kappa shape index (κ3) is 2.89. The highest BCUT2D eigenvalue weighted by Crippen LogP contribution is 2.33. The number of terminal acetylenes is 1. The smallest absolute Gasteiger partial charge is 0.0649 e. The summed E-state index contributed by atoms with van der Waals surface area (Å²) in [5, 5.41) is 9.18. The van der Waals surface area contributed by atoms with E-state index in [0.29, 0.717) is 6.42 Å². The first-order valence-electron chi connectivity index (χ1n) is 3.94. The Morgan fingerprint density at radius 2 is 2.30 bits per heavy atom. The molecule has 1 saturated carbocycles. The maximum Gasteiger partial charge on any atom is 0.0649 e. The van der Waals surface area contributed by atoms with Gasteiger partial charge in [-0.3, -0.25) is 0 Å². The Labute approximate surface area is 62.4 Å². The van der Waals surface area contributed by atoms with Crippen molar-refractivity contribution < 1.29 is 5.11 Å². The second kappa shape index (κ2) is 3.63. The van der Waals surface area contributed by atoms with Crippen molar-refractivity contribution in [2.24, 2.45) is 5.92 Å². The lowest BCUT2D eigenvalue weighted by Gasteiger charge is -2.04. The molecule has 0 amide bonds. The van der Waals surface area contributed by atoms with Crippen LogP contribution in [0.3, 0.4) is 0 Å². The summed E-state index contributed by atoms with van der Waals surface area (Å²) in [6, 6.07) is 0. The molecule has 1 heteroatoms. The average molecular weight is 138 g/mol. The molecule has 1 rings (SSSR count). The molecule has 0 spiro atoms. The average Bonchev–Trinajstić information content (AvgIpc) is 2.67. The minimum absolute atomic E-state index is 0.245. The lowest BCUT2D eigenvalue weighted by atomic mass is 10.1. The van der Waals surface area contributed by atoms with Gasteiger partial charge in [-0.25, -0.2) is 0 Å². The fourth-order valence-electron chi connectivity index (χ4n) is 1.07. The summed E-state index contributed by atoms with van der Waals surface area (Å²) in [5.41, 5.74) is 0. The second-order valence-corrected chi connectivity index (χ2v) is 3.08. The van der Waals surface area contributed by atoms with E-state index >= 15 is 0 Å². The molecular weight excluding hydrogens is 124 g/mol. The monoisotopic (exact) mass is 138 g/mol. The predicted molar refractivity (Wildman–Crippen MR) is 41.4 cm³/mol. The van der Waals surface area contributed by atoms with E-state index in [0.717, 1.165) is 12.3 Å². The van der Waals surface area contributed by atoms with Crippen LogP contribution in [-0.2, 0) is 0 Å². The van der Waals surface area contributed by atoms with Crippen LogP contribution in [0.15, 0.2) is 0 Å². The Balaban J connectivity index is 1.95. The Morgan fingerprint density at radius 3 is 2.80 bits per heavy atom. The zero-order valence-corrected chi connectivity index (χ0v) is 6.21. The van der Waals surface area contributed by atoms with Crippen LogP contribution in [0.25, 0.3) is 0 Å². The molecule has 0 bridgehead atoms. The Kier molecular flexibility index (Phi) is 2.77. The maximum atomic E-state index is 9.18. The normalized spacial score (nSPS) is 20.0. The SMILES string of the molecule is C#CCC(O)CCC1CC1. The molecular formula is C9H14O. The van der Waals surface area contributed by atoms with Crippen LogP contribution in [-0.4, -0.2) is 11.2 Å². The van der Waals surface area contributed by atoms with Crippen LogP contribution in [0.2, 0.25) is 0 Å². The van der Waals surface area contributed by atoms with Crippen LogP contribution in [0.1, 0.15) is 32.1 Å². The third-order valence-electron chi connectivity index (χ3n) is 1.96. The van der Waals surface area contributed by atoms with Crippen molar-refractivity contribution in [1.82, 2.24) is 0 Å². The van der Waals surface area contributed by atoms with E-state index in [1.807, 2.05) is 0 Å². The molecule has 10 heavy (non-hydrogen) atoms. The Bertz CT molecular complexity index is 130. The largest absolute Gasteiger partial charge is 0.392 e. The van der Waals surface area contributed by atoms with Crippen molar-refractivity contribution in [3.63, 3.8) is 0 Å². The molecule has 1 fully saturated rings. The van der Waals surface area contributed by atoms with Gasteiger partial charge in [-0.15, -0.1) is 12.3 Å². The summed E-state index contributed by atoms with van der Waals surface area (Å²) in [7, 11) is 0. The van der Waals surface area contributed by atoms with Gasteiger partial charge in [-0.1, -0.05) is 12.8 Å². The quantitative estimate of drug-likeness (QED) is 0.584. The van der Waals surface area contributed by atoms with Crippen LogP contribution in [0.5, 0.6) is 0 Å². The minimum atomic E-state index is -0.245. The lowest BCUT2D eigenvalue weighted by Crippen LogP contribution is -2.04. The van der Waals surface area contributed by atoms with E-state index in [1.54, 1.807) is 0 Å². The molecule has 0 heterocycles. The highest BCUT2D eigenvalue weighted by atomic mass is 16.3. The van der Waals surface area contributed by atoms with E-state index < -0.39 is 0 Å². The van der Waals surface area contributed by atoms with Gasteiger partial charge in [0.25, 0.3) is 0 Å². The maximum absolute atomic E-state index is 9.18. The summed E-state index contributed by atoms with van der Waals surface area (Å²) >= 11 is 0. The van der Waals surface area contributed by atoms with Crippen molar-refractivity contribution in [2.75, 3.05) is 0 Å². The number of hydrogen-bond donors (Lipinski definition) is 1. The van der Waals surface area contributed by atoms with Gasteiger partial charge in [0.1, 0.15) is 0 Å². The summed E-state index contributed by atoms with van der Waals surface area (Å²) < 4.78 is 0. The first-order valence-corrected chi connectivity index (χ1v) is 3.94. The van der Waals surface area contributed by atoms with E-state index in [9.17, 15) is 5.11 Å². The molecule has 0 aromatic carbocycles. The van der Waals surface area contributed by atoms with Crippen LogP contribution in [0.4, 0.5) is 0 Å². The number of aliphatic hydroxyl groups is 1. The van der Waals surface area contributed by atoms with Gasteiger partial charge in [0.05, 0.1) is 6.10 Å². The summed E-state index contributed by atoms with van der Waals surface area (Å²) in [5.74, 6) is 3.37. The van der Waals surface area contributed by atoms with Gasteiger partial charge in [0.2, 0.25) is 0 Å². The standard InChI is InChI=1S/C9H14O/c1-2-3-9(10)7-6-8-4-5-8/h1,8-10H,3-7H2. The number of aliphatic hydroxyl groups excluding tert-OH is 1. The zero-order chi connectivity index (χ0) is 7.40. The molecule has 0 aliphatic heterocycles. The van der Waals surface area contributed by atoms with E-state index in [4.69, 9.17) is 6.42 Å². The Morgan fingerprint density at radius 1 is 1.60 bits per heavy atom. The van der Waals surface area contributed by atoms with Gasteiger partial charge in [0.15, 0.2) is 0 Å². The van der Waals surface area contributed by atoms with Gasteiger partial charge in [-0.05, 0) is 18.8 Å². The molecule has 0 radical (unpaired) electrons. The van der Waals surface area contributed by atoms with Crippen LogP contribution < -0.4 is 0 Å². The van der Waals surface area contributed by atoms with Crippen LogP contribution >= 0.6 is 0 Å². The molecule has 0 aromatic rings. The fraction of sp³-hybridized carbons (Fsp3) is 0.778. The molecule has 1 nitrogen and oxygen atoms in total. The van der Waals surface area contributed by atoms with Crippen molar-refractivity contribution in [3.8, 4) is 12.3 Å². The van der Waals surface area contributed by atoms with Gasteiger partial charge in [-0.2, -0.15) is 0 Å². The molecule has 0 aromatic heterocycles. The molecule has 1 atom stereocenters. The lowest BCUT2D eigenvalue weighted by molar-refractivity contribution is 0.165. The first kappa shape index (κ1) is 7.63. The van der Waals surface area contributed by atoms with Crippen molar-refractivity contribution in [1.29, 1.82) is 0 Å². The summed E-state index contributed by atoms with van der Waals surface area (Å²) in [6.07, 6.45) is 10.1. The van der Waals surface area contributed by atoms with E-state index in [1.165, 1.54) is 19.3 Å². The topological polar surface area (TPSA) is 20.2 Å². The fourth-order valence-corrected chi connectivity index (χ4v) is 1.07. The molecule has 0 saturated heterocycles. The molecule has 1 N–H and O–H groups in total. The summed E-state index contributed by atoms with van der Waals surface area (Å²) in [6.45, 7) is 0. The van der Waals surface area contributed by atoms with Gasteiger partial charge < -0.3 is 5.11 Å². The molecule has 1 unspecified atom stereocenters. The van der Waals surface area contributed by atoms with Crippen molar-refractivity contribution in [3.05, 3.63) is 0 Å². The highest BCUT2D eigenvalue weighted by Gasteiger charge is 2.21. The number of rotatable bonds is 4. The molecule has 56 valence electrons. The summed E-state index contributed by atoms with van der Waals surface area (Å²) in [4.78, 5) is 0. The highest BCUT2D eigenvalue weighted by molar-refractivity contribution is 4.87. The van der Waals surface area contributed by atoms with E-state index in [-0.39, 0.29) is 6.10 Å². The van der Waals surface area contributed by atoms with Crippen LogP contribution in [0, 0.1) is 18.3 Å². The first-order chi connectivity index (χ1) is 4.83. The zero-order valence-electron chi connectivity index (χ0n) is 6.21.